The Labute approximate surface area is 181 Å². The van der Waals surface area contributed by atoms with Crippen LogP contribution >= 0.6 is 11.3 Å². The van der Waals surface area contributed by atoms with E-state index in [1.807, 2.05) is 60.9 Å². The van der Waals surface area contributed by atoms with Gasteiger partial charge in [0.05, 0.1) is 17.6 Å². The van der Waals surface area contributed by atoms with Crippen molar-refractivity contribution >= 4 is 23.2 Å². The molecule has 0 aliphatic carbocycles. The van der Waals surface area contributed by atoms with E-state index in [0.29, 0.717) is 12.0 Å². The Kier molecular flexibility index (Phi) is 6.34. The number of amides is 1. The number of carbonyl (C=O) groups excluding carboxylic acids is 1. The lowest BCUT2D eigenvalue weighted by Crippen LogP contribution is -2.53. The van der Waals surface area contributed by atoms with Crippen molar-refractivity contribution in [3.63, 3.8) is 0 Å². The van der Waals surface area contributed by atoms with Crippen molar-refractivity contribution in [1.82, 2.24) is 4.90 Å². The molecule has 2 aromatic rings. The maximum atomic E-state index is 13.1. The molecule has 152 valence electrons. The van der Waals surface area contributed by atoms with Crippen molar-refractivity contribution in [2.24, 2.45) is 16.6 Å². The lowest BCUT2D eigenvalue weighted by Gasteiger charge is -2.39. The lowest BCUT2D eigenvalue weighted by atomic mass is 9.80. The van der Waals surface area contributed by atoms with Crippen molar-refractivity contribution in [3.05, 3.63) is 83.1 Å². The maximum absolute atomic E-state index is 13.1. The van der Waals surface area contributed by atoms with Crippen LogP contribution in [0, 0.1) is 17.2 Å². The molecule has 2 heterocycles. The maximum Gasteiger partial charge on any atom is 0.235 e. The summed E-state index contributed by atoms with van der Waals surface area (Å²) in [5, 5.41) is 11.2. The zero-order valence-electron chi connectivity index (χ0n) is 17.1. The van der Waals surface area contributed by atoms with Crippen molar-refractivity contribution in [3.8, 4) is 17.2 Å². The number of guanidine groups is 1. The van der Waals surface area contributed by atoms with Gasteiger partial charge >= 0.3 is 0 Å². The molecule has 1 amide bonds. The number of hydrogen-bond donors (Lipinski definition) is 1. The number of allylic oxidation sites excluding steroid dienone is 5. The van der Waals surface area contributed by atoms with E-state index in [2.05, 4.69) is 12.6 Å². The topological polar surface area (TPSA) is 82.5 Å². The highest BCUT2D eigenvalue weighted by atomic mass is 32.1. The first-order valence-electron chi connectivity index (χ1n) is 9.57. The molecule has 0 fully saturated rings. The Morgan fingerprint density at radius 2 is 2.13 bits per heavy atom. The first-order valence-corrected chi connectivity index (χ1v) is 10.5. The summed E-state index contributed by atoms with van der Waals surface area (Å²) in [7, 11) is 1.66. The first kappa shape index (κ1) is 21.3. The highest BCUT2D eigenvalue weighted by Gasteiger charge is 2.46. The van der Waals surface area contributed by atoms with Crippen LogP contribution in [0.4, 0.5) is 0 Å². The molecule has 0 saturated carbocycles. The molecule has 1 aromatic carbocycles. The molecular formula is C24H24N4OS. The number of carbonyl (C=O) groups is 1. The van der Waals surface area contributed by atoms with Gasteiger partial charge in [-0.2, -0.15) is 5.26 Å². The Balaban J connectivity index is 1.99. The number of rotatable bonds is 6. The molecule has 1 aliphatic rings. The van der Waals surface area contributed by atoms with Crippen molar-refractivity contribution in [2.45, 2.75) is 18.9 Å². The summed E-state index contributed by atoms with van der Waals surface area (Å²) in [4.78, 5) is 20.2. The third-order valence-electron chi connectivity index (χ3n) is 5.29. The average Bonchev–Trinajstić information content (AvgIpc) is 3.25. The molecule has 1 aromatic heterocycles. The van der Waals surface area contributed by atoms with Crippen LogP contribution in [0.3, 0.4) is 0 Å². The molecule has 3 rings (SSSR count). The molecule has 30 heavy (non-hydrogen) atoms. The van der Waals surface area contributed by atoms with E-state index in [0.717, 1.165) is 16.0 Å². The lowest BCUT2D eigenvalue weighted by molar-refractivity contribution is -0.133. The first-order chi connectivity index (χ1) is 14.4. The molecule has 0 saturated heterocycles. The fourth-order valence-corrected chi connectivity index (χ4v) is 4.57. The number of hydrogen-bond acceptors (Lipinski definition) is 5. The highest BCUT2D eigenvalue weighted by molar-refractivity contribution is 7.10. The second-order valence-corrected chi connectivity index (χ2v) is 8.16. The minimum absolute atomic E-state index is 0.0521. The van der Waals surface area contributed by atoms with Crippen LogP contribution in [0.15, 0.2) is 77.7 Å². The molecule has 2 atom stereocenters. The number of benzene rings is 1. The summed E-state index contributed by atoms with van der Waals surface area (Å²) in [5.74, 6) is -0.209. The highest BCUT2D eigenvalue weighted by Crippen LogP contribution is 2.43. The Morgan fingerprint density at radius 1 is 1.33 bits per heavy atom. The van der Waals surface area contributed by atoms with E-state index in [1.165, 1.54) is 4.90 Å². The summed E-state index contributed by atoms with van der Waals surface area (Å²) < 4.78 is 0. The normalized spacial score (nSPS) is 21.8. The quantitative estimate of drug-likeness (QED) is 0.699. The fourth-order valence-electron chi connectivity index (χ4n) is 3.49. The van der Waals surface area contributed by atoms with Gasteiger partial charge in [-0.3, -0.25) is 9.69 Å². The van der Waals surface area contributed by atoms with Crippen molar-refractivity contribution in [1.29, 1.82) is 5.26 Å². The number of thiophene rings is 1. The second-order valence-electron chi connectivity index (χ2n) is 7.24. The van der Waals surface area contributed by atoms with Gasteiger partial charge in [0.25, 0.3) is 0 Å². The van der Waals surface area contributed by atoms with E-state index in [-0.39, 0.29) is 17.8 Å². The van der Waals surface area contributed by atoms with Gasteiger partial charge in [0.1, 0.15) is 5.54 Å². The van der Waals surface area contributed by atoms with Gasteiger partial charge in [0, 0.05) is 11.9 Å². The third kappa shape index (κ3) is 4.12. The zero-order chi connectivity index (χ0) is 21.7. The van der Waals surface area contributed by atoms with Crippen LogP contribution in [0.5, 0.6) is 0 Å². The molecular weight excluding hydrogens is 392 g/mol. The van der Waals surface area contributed by atoms with Crippen LogP contribution in [-0.4, -0.2) is 23.8 Å². The van der Waals surface area contributed by atoms with Crippen LogP contribution in [0.2, 0.25) is 0 Å². The minimum Gasteiger partial charge on any atom is -0.369 e. The van der Waals surface area contributed by atoms with Crippen LogP contribution in [-0.2, 0) is 10.3 Å². The summed E-state index contributed by atoms with van der Waals surface area (Å²) >= 11 is 1.55. The van der Waals surface area contributed by atoms with E-state index in [4.69, 9.17) is 10.7 Å². The predicted octanol–water partition coefficient (Wildman–Crippen LogP) is 4.59. The SMILES string of the molecule is C=C/C=C\C=C\C[C@H]1C(=O)N(C)C(N)=N[C@]1(C)c1cc(-c2cccc(C#N)c2)cs1. The Hall–Kier alpha value is -3.43. The molecule has 0 spiro atoms. The van der Waals surface area contributed by atoms with Gasteiger partial charge in [0.15, 0.2) is 5.96 Å². The smallest absolute Gasteiger partial charge is 0.235 e. The fraction of sp³-hybridized carbons (Fsp3) is 0.208. The number of nitrogens with two attached hydrogens (primary N) is 1. The Bertz CT molecular complexity index is 1090. The van der Waals surface area contributed by atoms with Gasteiger partial charge in [-0.1, -0.05) is 49.1 Å². The van der Waals surface area contributed by atoms with Crippen molar-refractivity contribution < 1.29 is 4.79 Å². The molecule has 5 nitrogen and oxygen atoms in total. The minimum atomic E-state index is -0.768. The van der Waals surface area contributed by atoms with Crippen molar-refractivity contribution in [2.75, 3.05) is 7.05 Å². The largest absolute Gasteiger partial charge is 0.369 e. The van der Waals surface area contributed by atoms with Crippen LogP contribution in [0.25, 0.3) is 11.1 Å². The molecule has 2 N–H and O–H groups in total. The summed E-state index contributed by atoms with van der Waals surface area (Å²) in [6, 6.07) is 11.7. The van der Waals surface area contributed by atoms with Gasteiger partial charge < -0.3 is 5.73 Å². The van der Waals surface area contributed by atoms with Gasteiger partial charge in [-0.05, 0) is 48.1 Å². The van der Waals surface area contributed by atoms with Crippen LogP contribution in [0.1, 0.15) is 23.8 Å². The average molecular weight is 417 g/mol. The Morgan fingerprint density at radius 3 is 2.87 bits per heavy atom. The van der Waals surface area contributed by atoms with E-state index in [9.17, 15) is 10.1 Å². The van der Waals surface area contributed by atoms with Gasteiger partial charge in [-0.15, -0.1) is 11.3 Å². The molecule has 0 bridgehead atoms. The van der Waals surface area contributed by atoms with E-state index >= 15 is 0 Å². The third-order valence-corrected chi connectivity index (χ3v) is 6.44. The molecule has 1 aliphatic heterocycles. The predicted molar refractivity (Wildman–Crippen MR) is 123 cm³/mol. The zero-order valence-corrected chi connectivity index (χ0v) is 17.9. The standard InChI is InChI=1S/C24H24N4OS/c1-4-5-6-7-8-12-20-22(29)28(3)23(26)27-24(20,2)21-14-19(16-30-21)18-11-9-10-17(13-18)15-25/h4-11,13-14,16,20H,1,12H2,2-3H3,(H2,26,27)/b6-5-,8-7+/t20-,24-/m0/s1. The summed E-state index contributed by atoms with van der Waals surface area (Å²) in [6.45, 7) is 5.61. The second kappa shape index (κ2) is 8.93. The van der Waals surface area contributed by atoms with Gasteiger partial charge in [0.2, 0.25) is 5.91 Å². The van der Waals surface area contributed by atoms with E-state index < -0.39 is 5.54 Å². The monoisotopic (exact) mass is 416 g/mol. The molecule has 0 radical (unpaired) electrons. The number of nitrogens with zero attached hydrogens (tertiary/aromatic N) is 3. The molecule has 0 unspecified atom stereocenters. The van der Waals surface area contributed by atoms with Gasteiger partial charge in [-0.25, -0.2) is 4.99 Å². The summed E-state index contributed by atoms with van der Waals surface area (Å²) in [6.07, 6.45) is 9.83. The number of aliphatic imine (C=N–C) groups is 1. The molecule has 6 heteroatoms. The van der Waals surface area contributed by atoms with E-state index in [1.54, 1.807) is 30.5 Å². The summed E-state index contributed by atoms with van der Waals surface area (Å²) in [5.41, 5.74) is 7.88. The van der Waals surface area contributed by atoms with Crippen LogP contribution < -0.4 is 5.73 Å². The number of nitriles is 1.